The third-order valence-electron chi connectivity index (χ3n) is 4.95. The Bertz CT molecular complexity index is 308. The Morgan fingerprint density at radius 2 is 0.926 bits per heavy atom. The standard InChI is InChI=1S/C22H43Cl3OSi/c1-2-3-4-5-6-8-11-14-17-20-26-21-18-15-12-9-7-10-13-16-19-22-27(23,24)25/h2H,1,3-22H2. The largest absolute Gasteiger partial charge is 0.381 e. The number of hydrogen-bond acceptors (Lipinski definition) is 1. The molecule has 0 aromatic carbocycles. The third kappa shape index (κ3) is 26.8. The second-order valence-corrected chi connectivity index (χ2v) is 17.0. The van der Waals surface area contributed by atoms with Crippen molar-refractivity contribution >= 4 is 39.2 Å². The summed E-state index contributed by atoms with van der Waals surface area (Å²) in [5.74, 6) is 0. The molecule has 5 heteroatoms. The zero-order valence-corrected chi connectivity index (χ0v) is 20.7. The van der Waals surface area contributed by atoms with E-state index in [1.165, 1.54) is 103 Å². The van der Waals surface area contributed by atoms with Gasteiger partial charge in [-0.15, -0.1) is 39.8 Å². The first-order valence-corrected chi connectivity index (χ1v) is 16.6. The average molecular weight is 458 g/mol. The van der Waals surface area contributed by atoms with Crippen molar-refractivity contribution in [1.29, 1.82) is 0 Å². The summed E-state index contributed by atoms with van der Waals surface area (Å²) in [5.41, 5.74) is 0. The van der Waals surface area contributed by atoms with Crippen molar-refractivity contribution in [2.24, 2.45) is 0 Å². The van der Waals surface area contributed by atoms with Crippen LogP contribution in [0, 0.1) is 0 Å². The summed E-state index contributed by atoms with van der Waals surface area (Å²) in [6.45, 7) is 5.66. The van der Waals surface area contributed by atoms with E-state index in [0.717, 1.165) is 25.7 Å². The van der Waals surface area contributed by atoms with Gasteiger partial charge in [-0.25, -0.2) is 0 Å². The van der Waals surface area contributed by atoms with Crippen LogP contribution in [0.3, 0.4) is 0 Å². The van der Waals surface area contributed by atoms with Crippen LogP contribution in [0.2, 0.25) is 6.04 Å². The molecule has 0 saturated carbocycles. The van der Waals surface area contributed by atoms with Crippen LogP contribution in [-0.2, 0) is 4.74 Å². The van der Waals surface area contributed by atoms with Crippen LogP contribution in [0.4, 0.5) is 0 Å². The van der Waals surface area contributed by atoms with Crippen LogP contribution >= 0.6 is 33.2 Å². The van der Waals surface area contributed by atoms with Gasteiger partial charge in [-0.2, -0.15) is 0 Å². The van der Waals surface area contributed by atoms with Crippen LogP contribution < -0.4 is 0 Å². The van der Waals surface area contributed by atoms with E-state index in [2.05, 4.69) is 6.58 Å². The lowest BCUT2D eigenvalue weighted by atomic mass is 10.1. The summed E-state index contributed by atoms with van der Waals surface area (Å²) in [6.07, 6.45) is 24.0. The van der Waals surface area contributed by atoms with Crippen molar-refractivity contribution in [2.45, 2.75) is 115 Å². The van der Waals surface area contributed by atoms with Gasteiger partial charge < -0.3 is 4.74 Å². The highest BCUT2D eigenvalue weighted by molar-refractivity contribution is 7.64. The number of allylic oxidation sites excluding steroid dienone is 1. The minimum absolute atomic E-state index is 0.813. The molecule has 162 valence electrons. The second-order valence-electron chi connectivity index (χ2n) is 7.71. The molecule has 0 rings (SSSR count). The molecule has 0 aliphatic rings. The quantitative estimate of drug-likeness (QED) is 0.0680. The molecule has 0 bridgehead atoms. The van der Waals surface area contributed by atoms with Gasteiger partial charge >= 0.3 is 6.00 Å². The topological polar surface area (TPSA) is 9.23 Å². The van der Waals surface area contributed by atoms with E-state index in [1.807, 2.05) is 6.08 Å². The zero-order valence-electron chi connectivity index (χ0n) is 17.5. The number of hydrogen-bond donors (Lipinski definition) is 0. The lowest BCUT2D eigenvalue weighted by molar-refractivity contribution is 0.125. The maximum Gasteiger partial charge on any atom is 0.341 e. The minimum atomic E-state index is -2.37. The van der Waals surface area contributed by atoms with Gasteiger partial charge in [0.2, 0.25) is 0 Å². The molecule has 0 spiro atoms. The van der Waals surface area contributed by atoms with Gasteiger partial charge in [-0.05, 0) is 31.7 Å². The smallest absolute Gasteiger partial charge is 0.341 e. The molecule has 0 saturated heterocycles. The Hall–Kier alpha value is 0.787. The molecular weight excluding hydrogens is 415 g/mol. The molecule has 0 amide bonds. The fourth-order valence-corrected chi connectivity index (χ4v) is 5.10. The lowest BCUT2D eigenvalue weighted by Gasteiger charge is -2.07. The molecule has 0 aliphatic heterocycles. The molecule has 0 fully saturated rings. The molecule has 0 N–H and O–H groups in total. The van der Waals surface area contributed by atoms with Gasteiger partial charge in [-0.3, -0.25) is 0 Å². The Labute approximate surface area is 184 Å². The molecule has 0 unspecified atom stereocenters. The fraction of sp³-hybridized carbons (Fsp3) is 0.909. The van der Waals surface area contributed by atoms with Gasteiger partial charge in [0.1, 0.15) is 0 Å². The predicted molar refractivity (Wildman–Crippen MR) is 128 cm³/mol. The van der Waals surface area contributed by atoms with E-state index in [1.54, 1.807) is 0 Å². The van der Waals surface area contributed by atoms with Crippen molar-refractivity contribution in [3.8, 4) is 0 Å². The van der Waals surface area contributed by atoms with Gasteiger partial charge in [0.15, 0.2) is 0 Å². The average Bonchev–Trinajstić information content (AvgIpc) is 2.62. The molecular formula is C22H43Cl3OSi. The Morgan fingerprint density at radius 1 is 0.556 bits per heavy atom. The minimum Gasteiger partial charge on any atom is -0.381 e. The molecule has 0 aliphatic carbocycles. The summed E-state index contributed by atoms with van der Waals surface area (Å²) < 4.78 is 5.75. The second kappa shape index (κ2) is 21.5. The SMILES string of the molecule is C=CCCCCCCCCCOCCCCCCCCCCC[Si](Cl)(Cl)Cl. The lowest BCUT2D eigenvalue weighted by Crippen LogP contribution is -2.07. The highest BCUT2D eigenvalue weighted by Crippen LogP contribution is 2.27. The maximum absolute atomic E-state index is 5.88. The fourth-order valence-electron chi connectivity index (χ4n) is 3.25. The molecule has 1 nitrogen and oxygen atoms in total. The van der Waals surface area contributed by atoms with Gasteiger partial charge in [0.25, 0.3) is 0 Å². The van der Waals surface area contributed by atoms with E-state index in [4.69, 9.17) is 38.0 Å². The van der Waals surface area contributed by atoms with Gasteiger partial charge in [0.05, 0.1) is 0 Å². The van der Waals surface area contributed by atoms with E-state index >= 15 is 0 Å². The zero-order chi connectivity index (χ0) is 20.1. The van der Waals surface area contributed by atoms with E-state index in [9.17, 15) is 0 Å². The van der Waals surface area contributed by atoms with Crippen LogP contribution in [-0.4, -0.2) is 19.2 Å². The Balaban J connectivity index is 3.02. The van der Waals surface area contributed by atoms with Crippen LogP contribution in [0.1, 0.15) is 109 Å². The van der Waals surface area contributed by atoms with Crippen molar-refractivity contribution < 1.29 is 4.74 Å². The number of rotatable bonds is 22. The molecule has 0 aromatic heterocycles. The summed E-state index contributed by atoms with van der Waals surface area (Å²) in [7, 11) is 0. The Morgan fingerprint density at radius 3 is 1.33 bits per heavy atom. The van der Waals surface area contributed by atoms with Crippen molar-refractivity contribution in [1.82, 2.24) is 0 Å². The number of unbranched alkanes of at least 4 members (excludes halogenated alkanes) is 15. The van der Waals surface area contributed by atoms with Gasteiger partial charge in [0, 0.05) is 13.2 Å². The predicted octanol–water partition coefficient (Wildman–Crippen LogP) is 9.48. The Kier molecular flexibility index (Phi) is 22.1. The first-order chi connectivity index (χ1) is 13.1. The van der Waals surface area contributed by atoms with Gasteiger partial charge in [-0.1, -0.05) is 89.5 Å². The third-order valence-corrected chi connectivity index (χ3v) is 7.57. The molecule has 0 aromatic rings. The number of halogens is 3. The molecule has 0 atom stereocenters. The van der Waals surface area contributed by atoms with Crippen LogP contribution in [0.5, 0.6) is 0 Å². The normalized spacial score (nSPS) is 11.8. The van der Waals surface area contributed by atoms with Crippen molar-refractivity contribution in [3.63, 3.8) is 0 Å². The first-order valence-electron chi connectivity index (χ1n) is 11.3. The van der Waals surface area contributed by atoms with Crippen LogP contribution in [0.15, 0.2) is 12.7 Å². The van der Waals surface area contributed by atoms with E-state index < -0.39 is 6.00 Å². The number of ether oxygens (including phenoxy) is 1. The summed E-state index contributed by atoms with van der Waals surface area (Å²) in [4.78, 5) is 0. The summed E-state index contributed by atoms with van der Waals surface area (Å²) >= 11 is 17.6. The molecule has 0 heterocycles. The highest BCUT2D eigenvalue weighted by Gasteiger charge is 2.23. The van der Waals surface area contributed by atoms with Crippen LogP contribution in [0.25, 0.3) is 0 Å². The maximum atomic E-state index is 5.88. The first kappa shape index (κ1) is 27.8. The molecule has 27 heavy (non-hydrogen) atoms. The summed E-state index contributed by atoms with van der Waals surface area (Å²) in [6, 6.07) is -1.56. The monoisotopic (exact) mass is 456 g/mol. The van der Waals surface area contributed by atoms with E-state index in [-0.39, 0.29) is 0 Å². The van der Waals surface area contributed by atoms with Crippen molar-refractivity contribution in [2.75, 3.05) is 13.2 Å². The van der Waals surface area contributed by atoms with Crippen molar-refractivity contribution in [3.05, 3.63) is 12.7 Å². The summed E-state index contributed by atoms with van der Waals surface area (Å²) in [5, 5.41) is 0. The van der Waals surface area contributed by atoms with E-state index in [0.29, 0.717) is 0 Å². The molecule has 0 radical (unpaired) electrons. The highest BCUT2D eigenvalue weighted by atomic mass is 35.8.